The standard InChI is InChI=1S/C24H33N3O5S/c1-4-23(27(33(3,29)30)21-9-11-22(31-2)12-10-21)24(28)25-17-19-5-7-20(8-6-19)18-26-13-15-32-16-14-26/h5-12,23H,4,13-18H2,1-3H3,(H,25,28). The largest absolute Gasteiger partial charge is 0.497 e. The Bertz CT molecular complexity index is 1000. The second kappa shape index (κ2) is 11.5. The molecule has 2 aromatic rings. The molecule has 33 heavy (non-hydrogen) atoms. The smallest absolute Gasteiger partial charge is 0.244 e. The number of hydrogen-bond acceptors (Lipinski definition) is 6. The first-order valence-electron chi connectivity index (χ1n) is 11.1. The zero-order chi connectivity index (χ0) is 23.8. The number of benzene rings is 2. The second-order valence-corrected chi connectivity index (χ2v) is 9.96. The number of carbonyl (C=O) groups is 1. The highest BCUT2D eigenvalue weighted by atomic mass is 32.2. The summed E-state index contributed by atoms with van der Waals surface area (Å²) in [5.41, 5.74) is 2.59. The van der Waals surface area contributed by atoms with Gasteiger partial charge in [0, 0.05) is 26.2 Å². The van der Waals surface area contributed by atoms with Gasteiger partial charge in [0.15, 0.2) is 0 Å². The molecule has 2 aromatic carbocycles. The van der Waals surface area contributed by atoms with Crippen molar-refractivity contribution in [2.75, 3.05) is 44.0 Å². The van der Waals surface area contributed by atoms with Crippen LogP contribution in [0.4, 0.5) is 5.69 Å². The Morgan fingerprint density at radius 2 is 1.70 bits per heavy atom. The molecule has 1 atom stereocenters. The molecule has 1 amide bonds. The van der Waals surface area contributed by atoms with Crippen LogP contribution in [0.1, 0.15) is 24.5 Å². The molecule has 8 nitrogen and oxygen atoms in total. The van der Waals surface area contributed by atoms with Gasteiger partial charge in [0.1, 0.15) is 11.8 Å². The number of sulfonamides is 1. The van der Waals surface area contributed by atoms with Crippen LogP contribution in [0.25, 0.3) is 0 Å². The van der Waals surface area contributed by atoms with Crippen LogP contribution < -0.4 is 14.4 Å². The van der Waals surface area contributed by atoms with Crippen LogP contribution in [0.3, 0.4) is 0 Å². The first-order chi connectivity index (χ1) is 15.8. The average molecular weight is 476 g/mol. The van der Waals surface area contributed by atoms with E-state index in [-0.39, 0.29) is 5.91 Å². The lowest BCUT2D eigenvalue weighted by Crippen LogP contribution is -2.49. The summed E-state index contributed by atoms with van der Waals surface area (Å²) in [7, 11) is -2.14. The molecule has 0 radical (unpaired) electrons. The molecule has 1 saturated heterocycles. The van der Waals surface area contributed by atoms with Crippen molar-refractivity contribution in [2.24, 2.45) is 0 Å². The van der Waals surface area contributed by atoms with E-state index >= 15 is 0 Å². The molecule has 1 unspecified atom stereocenters. The lowest BCUT2D eigenvalue weighted by Gasteiger charge is -2.30. The molecular formula is C24H33N3O5S. The lowest BCUT2D eigenvalue weighted by atomic mass is 10.1. The van der Waals surface area contributed by atoms with E-state index in [1.165, 1.54) is 9.87 Å². The number of rotatable bonds is 10. The third-order valence-corrected chi connectivity index (χ3v) is 6.84. The number of nitrogens with zero attached hydrogens (tertiary/aromatic N) is 2. The van der Waals surface area contributed by atoms with Crippen LogP contribution >= 0.6 is 0 Å². The monoisotopic (exact) mass is 475 g/mol. The highest BCUT2D eigenvalue weighted by Crippen LogP contribution is 2.25. The summed E-state index contributed by atoms with van der Waals surface area (Å²) in [6, 6.07) is 13.9. The van der Waals surface area contributed by atoms with Gasteiger partial charge >= 0.3 is 0 Å². The van der Waals surface area contributed by atoms with Gasteiger partial charge < -0.3 is 14.8 Å². The Labute approximate surface area is 196 Å². The van der Waals surface area contributed by atoms with Crippen molar-refractivity contribution in [1.29, 1.82) is 0 Å². The lowest BCUT2D eigenvalue weighted by molar-refractivity contribution is -0.122. The molecule has 1 aliphatic rings. The van der Waals surface area contributed by atoms with E-state index < -0.39 is 16.1 Å². The molecule has 0 bridgehead atoms. The second-order valence-electron chi connectivity index (χ2n) is 8.10. The molecule has 1 heterocycles. The van der Waals surface area contributed by atoms with Crippen molar-refractivity contribution in [3.8, 4) is 5.75 Å². The van der Waals surface area contributed by atoms with E-state index in [2.05, 4.69) is 22.3 Å². The van der Waals surface area contributed by atoms with Crippen molar-refractivity contribution in [2.45, 2.75) is 32.5 Å². The summed E-state index contributed by atoms with van der Waals surface area (Å²) in [6.45, 7) is 6.40. The number of carbonyl (C=O) groups excluding carboxylic acids is 1. The number of amides is 1. The summed E-state index contributed by atoms with van der Waals surface area (Å²) >= 11 is 0. The highest BCUT2D eigenvalue weighted by molar-refractivity contribution is 7.92. The van der Waals surface area contributed by atoms with Crippen LogP contribution in [-0.4, -0.2) is 64.9 Å². The summed E-state index contributed by atoms with van der Waals surface area (Å²) in [5, 5.41) is 2.90. The summed E-state index contributed by atoms with van der Waals surface area (Å²) < 4.78 is 36.9. The van der Waals surface area contributed by atoms with Gasteiger partial charge in [0.25, 0.3) is 0 Å². The zero-order valence-corrected chi connectivity index (χ0v) is 20.3. The van der Waals surface area contributed by atoms with Crippen molar-refractivity contribution in [3.05, 3.63) is 59.7 Å². The third kappa shape index (κ3) is 6.93. The van der Waals surface area contributed by atoms with Gasteiger partial charge in [-0.25, -0.2) is 8.42 Å². The molecule has 1 aliphatic heterocycles. The maximum absolute atomic E-state index is 13.0. The van der Waals surface area contributed by atoms with Gasteiger partial charge in [0.05, 0.1) is 32.3 Å². The van der Waals surface area contributed by atoms with Gasteiger partial charge in [-0.2, -0.15) is 0 Å². The summed E-state index contributed by atoms with van der Waals surface area (Å²) in [6.07, 6.45) is 1.45. The Hall–Kier alpha value is -2.62. The number of nitrogens with one attached hydrogen (secondary N) is 1. The fourth-order valence-electron chi connectivity index (χ4n) is 3.88. The third-order valence-electron chi connectivity index (χ3n) is 5.66. The number of anilines is 1. The Morgan fingerprint density at radius 3 is 2.24 bits per heavy atom. The van der Waals surface area contributed by atoms with E-state index in [9.17, 15) is 13.2 Å². The van der Waals surface area contributed by atoms with Gasteiger partial charge in [-0.3, -0.25) is 14.0 Å². The van der Waals surface area contributed by atoms with Crippen LogP contribution in [0, 0.1) is 0 Å². The Balaban J connectivity index is 1.64. The average Bonchev–Trinajstić information content (AvgIpc) is 2.82. The summed E-state index contributed by atoms with van der Waals surface area (Å²) in [5.74, 6) is 0.276. The van der Waals surface area contributed by atoms with Crippen LogP contribution in [-0.2, 0) is 32.6 Å². The van der Waals surface area contributed by atoms with Crippen LogP contribution in [0.5, 0.6) is 5.75 Å². The first kappa shape index (κ1) is 25.0. The van der Waals surface area contributed by atoms with E-state index in [1.807, 2.05) is 12.1 Å². The minimum Gasteiger partial charge on any atom is -0.497 e. The van der Waals surface area contributed by atoms with Gasteiger partial charge in [-0.05, 0) is 41.8 Å². The topological polar surface area (TPSA) is 88.2 Å². The molecule has 3 rings (SSSR count). The van der Waals surface area contributed by atoms with Gasteiger partial charge in [0.2, 0.25) is 15.9 Å². The van der Waals surface area contributed by atoms with E-state index in [4.69, 9.17) is 9.47 Å². The van der Waals surface area contributed by atoms with Crippen molar-refractivity contribution in [1.82, 2.24) is 10.2 Å². The van der Waals surface area contributed by atoms with Crippen LogP contribution in [0.2, 0.25) is 0 Å². The molecule has 1 fully saturated rings. The number of ether oxygens (including phenoxy) is 2. The minimum atomic E-state index is -3.68. The summed E-state index contributed by atoms with van der Waals surface area (Å²) in [4.78, 5) is 15.4. The number of hydrogen-bond donors (Lipinski definition) is 1. The fourth-order valence-corrected chi connectivity index (χ4v) is 5.09. The molecule has 0 spiro atoms. The van der Waals surface area contributed by atoms with E-state index in [0.717, 1.165) is 44.7 Å². The molecular weight excluding hydrogens is 442 g/mol. The maximum atomic E-state index is 13.0. The van der Waals surface area contributed by atoms with E-state index in [1.54, 1.807) is 38.3 Å². The number of morpholine rings is 1. The Morgan fingerprint density at radius 1 is 1.09 bits per heavy atom. The molecule has 0 aliphatic carbocycles. The van der Waals surface area contributed by atoms with Crippen molar-refractivity contribution >= 4 is 21.6 Å². The van der Waals surface area contributed by atoms with Crippen LogP contribution in [0.15, 0.2) is 48.5 Å². The molecule has 180 valence electrons. The molecule has 0 saturated carbocycles. The van der Waals surface area contributed by atoms with Gasteiger partial charge in [-0.1, -0.05) is 31.2 Å². The van der Waals surface area contributed by atoms with Crippen molar-refractivity contribution in [3.63, 3.8) is 0 Å². The Kier molecular flexibility index (Phi) is 8.71. The van der Waals surface area contributed by atoms with Crippen molar-refractivity contribution < 1.29 is 22.7 Å². The number of methoxy groups -OCH3 is 1. The van der Waals surface area contributed by atoms with E-state index in [0.29, 0.717) is 24.4 Å². The first-order valence-corrected chi connectivity index (χ1v) is 13.0. The quantitative estimate of drug-likeness (QED) is 0.568. The molecule has 1 N–H and O–H groups in total. The SMILES string of the molecule is CCC(C(=O)NCc1ccc(CN2CCOCC2)cc1)N(c1ccc(OC)cc1)S(C)(=O)=O. The van der Waals surface area contributed by atoms with Gasteiger partial charge in [-0.15, -0.1) is 0 Å². The predicted octanol–water partition coefficient (Wildman–Crippen LogP) is 2.39. The highest BCUT2D eigenvalue weighted by Gasteiger charge is 2.31. The minimum absolute atomic E-state index is 0.327. The maximum Gasteiger partial charge on any atom is 0.244 e. The molecule has 0 aromatic heterocycles. The molecule has 9 heteroatoms. The fraction of sp³-hybridized carbons (Fsp3) is 0.458. The normalized spacial score (nSPS) is 15.6. The zero-order valence-electron chi connectivity index (χ0n) is 19.5. The predicted molar refractivity (Wildman–Crippen MR) is 129 cm³/mol.